The Morgan fingerprint density at radius 1 is 1.00 bits per heavy atom. The average molecular weight is 340 g/mol. The zero-order chi connectivity index (χ0) is 18.4. The smallest absolute Gasteiger partial charge is 0.258 e. The Bertz CT molecular complexity index is 752. The number of nitrogens with zero attached hydrogens (tertiary/aromatic N) is 1. The number of carbonyl (C=O) groups is 2. The number of nitrogens with one attached hydrogen (secondary N) is 1. The van der Waals surface area contributed by atoms with Gasteiger partial charge in [-0.15, -0.1) is 0 Å². The third kappa shape index (κ3) is 5.35. The minimum absolute atomic E-state index is 0.0281. The van der Waals surface area contributed by atoms with Crippen LogP contribution in [0.1, 0.15) is 27.0 Å². The molecule has 5 heteroatoms. The quantitative estimate of drug-likeness (QED) is 0.879. The van der Waals surface area contributed by atoms with Crippen molar-refractivity contribution in [1.82, 2.24) is 10.2 Å². The molecule has 0 heterocycles. The second-order valence-electron chi connectivity index (χ2n) is 6.21. The molecule has 25 heavy (non-hydrogen) atoms. The van der Waals surface area contributed by atoms with Gasteiger partial charge in [-0.25, -0.2) is 0 Å². The van der Waals surface area contributed by atoms with Gasteiger partial charge in [-0.05, 0) is 54.8 Å². The number of aryl methyl sites for hydroxylation is 2. The molecule has 2 aromatic carbocycles. The van der Waals surface area contributed by atoms with E-state index >= 15 is 0 Å². The number of hydrogen-bond donors (Lipinski definition) is 1. The number of rotatable bonds is 6. The van der Waals surface area contributed by atoms with Crippen molar-refractivity contribution in [2.24, 2.45) is 0 Å². The van der Waals surface area contributed by atoms with Gasteiger partial charge in [-0.1, -0.05) is 18.2 Å². The summed E-state index contributed by atoms with van der Waals surface area (Å²) in [5, 5.41) is 2.81. The van der Waals surface area contributed by atoms with Gasteiger partial charge >= 0.3 is 0 Å². The highest BCUT2D eigenvalue weighted by atomic mass is 16.5. The van der Waals surface area contributed by atoms with E-state index in [9.17, 15) is 9.59 Å². The van der Waals surface area contributed by atoms with Crippen LogP contribution in [-0.4, -0.2) is 37.4 Å². The SMILES string of the molecule is Cc1ccc(OCC(=O)NCc2ccc(C(=O)N(C)C)cc2)cc1C. The van der Waals surface area contributed by atoms with Crippen LogP contribution in [0.4, 0.5) is 0 Å². The van der Waals surface area contributed by atoms with Gasteiger partial charge < -0.3 is 15.0 Å². The number of benzene rings is 2. The molecule has 0 saturated heterocycles. The molecule has 0 fully saturated rings. The van der Waals surface area contributed by atoms with Crippen LogP contribution in [0.5, 0.6) is 5.75 Å². The standard InChI is InChI=1S/C20H24N2O3/c1-14-5-10-18(11-15(14)2)25-13-19(23)21-12-16-6-8-17(9-7-16)20(24)22(3)4/h5-11H,12-13H2,1-4H3,(H,21,23). The van der Waals surface area contributed by atoms with Gasteiger partial charge in [0, 0.05) is 26.2 Å². The second-order valence-corrected chi connectivity index (χ2v) is 6.21. The summed E-state index contributed by atoms with van der Waals surface area (Å²) in [5.74, 6) is 0.453. The first-order valence-electron chi connectivity index (χ1n) is 8.14. The summed E-state index contributed by atoms with van der Waals surface area (Å²) in [7, 11) is 3.43. The zero-order valence-corrected chi connectivity index (χ0v) is 15.1. The normalized spacial score (nSPS) is 10.2. The maximum absolute atomic E-state index is 11.9. The maximum atomic E-state index is 11.9. The molecule has 2 rings (SSSR count). The fourth-order valence-corrected chi connectivity index (χ4v) is 2.23. The topological polar surface area (TPSA) is 58.6 Å². The predicted molar refractivity (Wildman–Crippen MR) is 97.7 cm³/mol. The molecule has 0 unspecified atom stereocenters. The Balaban J connectivity index is 1.81. The largest absolute Gasteiger partial charge is 0.484 e. The van der Waals surface area contributed by atoms with Crippen LogP contribution >= 0.6 is 0 Å². The van der Waals surface area contributed by atoms with E-state index in [1.54, 1.807) is 26.2 Å². The molecule has 0 aromatic heterocycles. The molecule has 0 radical (unpaired) electrons. The van der Waals surface area contributed by atoms with E-state index in [2.05, 4.69) is 5.32 Å². The van der Waals surface area contributed by atoms with Gasteiger partial charge in [0.05, 0.1) is 0 Å². The van der Waals surface area contributed by atoms with E-state index in [-0.39, 0.29) is 18.4 Å². The van der Waals surface area contributed by atoms with Crippen LogP contribution in [0.2, 0.25) is 0 Å². The van der Waals surface area contributed by atoms with Crippen molar-refractivity contribution in [3.05, 3.63) is 64.7 Å². The minimum Gasteiger partial charge on any atom is -0.484 e. The summed E-state index contributed by atoms with van der Waals surface area (Å²) in [6.45, 7) is 4.40. The Labute approximate surface area is 148 Å². The first-order valence-corrected chi connectivity index (χ1v) is 8.14. The fourth-order valence-electron chi connectivity index (χ4n) is 2.23. The molecule has 5 nitrogen and oxygen atoms in total. The van der Waals surface area contributed by atoms with Crippen molar-refractivity contribution in [1.29, 1.82) is 0 Å². The van der Waals surface area contributed by atoms with Crippen LogP contribution in [0.3, 0.4) is 0 Å². The molecule has 0 spiro atoms. The number of carbonyl (C=O) groups excluding carboxylic acids is 2. The molecule has 132 valence electrons. The lowest BCUT2D eigenvalue weighted by Crippen LogP contribution is -2.28. The lowest BCUT2D eigenvalue weighted by molar-refractivity contribution is -0.123. The molecule has 0 atom stereocenters. The first kappa shape index (κ1) is 18.5. The van der Waals surface area contributed by atoms with Crippen LogP contribution in [-0.2, 0) is 11.3 Å². The van der Waals surface area contributed by atoms with Gasteiger partial charge in [-0.2, -0.15) is 0 Å². The molecule has 2 aromatic rings. The van der Waals surface area contributed by atoms with Gasteiger partial charge in [-0.3, -0.25) is 9.59 Å². The highest BCUT2D eigenvalue weighted by Crippen LogP contribution is 2.16. The summed E-state index contributed by atoms with van der Waals surface area (Å²) in [5.41, 5.74) is 3.87. The summed E-state index contributed by atoms with van der Waals surface area (Å²) in [4.78, 5) is 25.3. The van der Waals surface area contributed by atoms with E-state index in [1.165, 1.54) is 10.5 Å². The van der Waals surface area contributed by atoms with Crippen molar-refractivity contribution in [3.8, 4) is 5.75 Å². The molecular formula is C20H24N2O3. The Morgan fingerprint density at radius 2 is 1.68 bits per heavy atom. The van der Waals surface area contributed by atoms with Crippen molar-refractivity contribution < 1.29 is 14.3 Å². The lowest BCUT2D eigenvalue weighted by Gasteiger charge is -2.11. The van der Waals surface area contributed by atoms with Gasteiger partial charge in [0.15, 0.2) is 6.61 Å². The van der Waals surface area contributed by atoms with Crippen molar-refractivity contribution in [3.63, 3.8) is 0 Å². The molecule has 0 saturated carbocycles. The molecule has 1 N–H and O–H groups in total. The fraction of sp³-hybridized carbons (Fsp3) is 0.300. The molecule has 2 amide bonds. The second kappa shape index (κ2) is 8.33. The van der Waals surface area contributed by atoms with E-state index in [0.29, 0.717) is 17.9 Å². The van der Waals surface area contributed by atoms with Gasteiger partial charge in [0.1, 0.15) is 5.75 Å². The van der Waals surface area contributed by atoms with E-state index in [1.807, 2.05) is 44.2 Å². The summed E-state index contributed by atoms with van der Waals surface area (Å²) in [6.07, 6.45) is 0. The highest BCUT2D eigenvalue weighted by molar-refractivity contribution is 5.93. The van der Waals surface area contributed by atoms with E-state index in [4.69, 9.17) is 4.74 Å². The lowest BCUT2D eigenvalue weighted by atomic mass is 10.1. The number of ether oxygens (including phenoxy) is 1. The van der Waals surface area contributed by atoms with Crippen LogP contribution in [0.25, 0.3) is 0 Å². The molecule has 0 aliphatic heterocycles. The zero-order valence-electron chi connectivity index (χ0n) is 15.1. The highest BCUT2D eigenvalue weighted by Gasteiger charge is 2.08. The first-order chi connectivity index (χ1) is 11.9. The molecule has 0 aliphatic carbocycles. The molecule has 0 bridgehead atoms. The monoisotopic (exact) mass is 340 g/mol. The number of hydrogen-bond acceptors (Lipinski definition) is 3. The summed E-state index contributed by atoms with van der Waals surface area (Å²) in [6, 6.07) is 12.9. The molecular weight excluding hydrogens is 316 g/mol. The van der Waals surface area contributed by atoms with Gasteiger partial charge in [0.25, 0.3) is 11.8 Å². The minimum atomic E-state index is -0.188. The average Bonchev–Trinajstić information content (AvgIpc) is 2.60. The summed E-state index contributed by atoms with van der Waals surface area (Å²) >= 11 is 0. The number of amides is 2. The van der Waals surface area contributed by atoms with E-state index < -0.39 is 0 Å². The molecule has 0 aliphatic rings. The van der Waals surface area contributed by atoms with Crippen molar-refractivity contribution in [2.45, 2.75) is 20.4 Å². The third-order valence-electron chi connectivity index (χ3n) is 3.95. The van der Waals surface area contributed by atoms with Crippen LogP contribution < -0.4 is 10.1 Å². The van der Waals surface area contributed by atoms with E-state index in [0.717, 1.165) is 11.1 Å². The summed E-state index contributed by atoms with van der Waals surface area (Å²) < 4.78 is 5.51. The van der Waals surface area contributed by atoms with Crippen molar-refractivity contribution in [2.75, 3.05) is 20.7 Å². The Hall–Kier alpha value is -2.82. The van der Waals surface area contributed by atoms with Crippen LogP contribution in [0.15, 0.2) is 42.5 Å². The van der Waals surface area contributed by atoms with Crippen molar-refractivity contribution >= 4 is 11.8 Å². The van der Waals surface area contributed by atoms with Crippen LogP contribution in [0, 0.1) is 13.8 Å². The third-order valence-corrected chi connectivity index (χ3v) is 3.95. The predicted octanol–water partition coefficient (Wildman–Crippen LogP) is 2.70. The Morgan fingerprint density at radius 3 is 2.28 bits per heavy atom. The van der Waals surface area contributed by atoms with Gasteiger partial charge in [0.2, 0.25) is 0 Å². The maximum Gasteiger partial charge on any atom is 0.258 e. The Kier molecular flexibility index (Phi) is 6.17.